The number of nitrogens with zero attached hydrogens (tertiary/aromatic N) is 2. The second-order valence-electron chi connectivity index (χ2n) is 4.56. The van der Waals surface area contributed by atoms with Crippen molar-refractivity contribution in [3.63, 3.8) is 0 Å². The van der Waals surface area contributed by atoms with Gasteiger partial charge in [0.25, 0.3) is 0 Å². The molecule has 2 N–H and O–H groups in total. The van der Waals surface area contributed by atoms with Crippen molar-refractivity contribution in [3.05, 3.63) is 0 Å². The molecule has 0 aliphatic carbocycles. The molecule has 1 atom stereocenters. The minimum atomic E-state index is 0.669. The van der Waals surface area contributed by atoms with Crippen LogP contribution in [-0.4, -0.2) is 67.6 Å². The Morgan fingerprint density at radius 1 is 1.27 bits per heavy atom. The largest absolute Gasteiger partial charge is 0.330 e. The Hall–Kier alpha value is 0.230. The molecule has 1 unspecified atom stereocenters. The average Bonchev–Trinajstić information content (AvgIpc) is 2.26. The smallest absolute Gasteiger partial charge is 0.0110 e. The van der Waals surface area contributed by atoms with E-state index in [1.54, 1.807) is 0 Å². The van der Waals surface area contributed by atoms with Crippen LogP contribution in [-0.2, 0) is 0 Å². The molecule has 1 saturated heterocycles. The van der Waals surface area contributed by atoms with Crippen LogP contribution in [0.15, 0.2) is 0 Å². The van der Waals surface area contributed by atoms with E-state index in [4.69, 9.17) is 5.73 Å². The van der Waals surface area contributed by atoms with E-state index >= 15 is 0 Å². The predicted octanol–water partition coefficient (Wildman–Crippen LogP) is 0.562. The molecule has 1 rings (SSSR count). The van der Waals surface area contributed by atoms with Gasteiger partial charge >= 0.3 is 0 Å². The average molecular weight is 231 g/mol. The van der Waals surface area contributed by atoms with Gasteiger partial charge in [0.2, 0.25) is 0 Å². The van der Waals surface area contributed by atoms with Gasteiger partial charge in [-0.2, -0.15) is 11.8 Å². The van der Waals surface area contributed by atoms with Crippen LogP contribution in [0.2, 0.25) is 0 Å². The molecule has 1 aliphatic rings. The second kappa shape index (κ2) is 7.49. The molecule has 0 aromatic carbocycles. The first kappa shape index (κ1) is 13.3. The lowest BCUT2D eigenvalue weighted by molar-refractivity contribution is 0.161. The van der Waals surface area contributed by atoms with Gasteiger partial charge in [0.05, 0.1) is 0 Å². The van der Waals surface area contributed by atoms with E-state index in [1.165, 1.54) is 44.2 Å². The summed E-state index contributed by atoms with van der Waals surface area (Å²) in [6.45, 7) is 9.22. The lowest BCUT2D eigenvalue weighted by atomic mass is 10.2. The van der Waals surface area contributed by atoms with Gasteiger partial charge in [-0.3, -0.25) is 4.90 Å². The van der Waals surface area contributed by atoms with E-state index < -0.39 is 0 Å². The molecular weight excluding hydrogens is 206 g/mol. The first-order chi connectivity index (χ1) is 7.22. The number of hydrogen-bond donors (Lipinski definition) is 1. The zero-order valence-corrected chi connectivity index (χ0v) is 10.9. The van der Waals surface area contributed by atoms with Crippen molar-refractivity contribution in [3.8, 4) is 0 Å². The number of nitrogens with two attached hydrogens (primary N) is 1. The van der Waals surface area contributed by atoms with Crippen LogP contribution in [0.25, 0.3) is 0 Å². The minimum Gasteiger partial charge on any atom is -0.330 e. The van der Waals surface area contributed by atoms with Crippen molar-refractivity contribution in [1.82, 2.24) is 9.80 Å². The molecule has 0 aromatic rings. The van der Waals surface area contributed by atoms with E-state index in [9.17, 15) is 0 Å². The van der Waals surface area contributed by atoms with Gasteiger partial charge in [0.1, 0.15) is 0 Å². The highest BCUT2D eigenvalue weighted by atomic mass is 32.2. The van der Waals surface area contributed by atoms with Gasteiger partial charge < -0.3 is 10.6 Å². The summed E-state index contributed by atoms with van der Waals surface area (Å²) in [6.07, 6.45) is 0. The SMILES string of the molecule is CC(CN)CSCCN1CCN(C)CC1. The monoisotopic (exact) mass is 231 g/mol. The van der Waals surface area contributed by atoms with Gasteiger partial charge in [-0.1, -0.05) is 6.92 Å². The fourth-order valence-corrected chi connectivity index (χ4v) is 2.71. The summed E-state index contributed by atoms with van der Waals surface area (Å²) in [6, 6.07) is 0. The third-order valence-corrected chi connectivity index (χ3v) is 4.23. The van der Waals surface area contributed by atoms with Crippen LogP contribution in [0.3, 0.4) is 0 Å². The van der Waals surface area contributed by atoms with E-state index in [1.807, 2.05) is 11.8 Å². The van der Waals surface area contributed by atoms with E-state index in [2.05, 4.69) is 23.8 Å². The summed E-state index contributed by atoms with van der Waals surface area (Å²) < 4.78 is 0. The molecule has 1 aliphatic heterocycles. The Bertz CT molecular complexity index is 158. The fraction of sp³-hybridized carbons (Fsp3) is 1.00. The van der Waals surface area contributed by atoms with Gasteiger partial charge in [0, 0.05) is 38.5 Å². The maximum absolute atomic E-state index is 5.58. The first-order valence-electron chi connectivity index (χ1n) is 5.91. The molecule has 4 heteroatoms. The third-order valence-electron chi connectivity index (χ3n) is 2.95. The maximum Gasteiger partial charge on any atom is 0.0110 e. The molecule has 15 heavy (non-hydrogen) atoms. The molecule has 0 amide bonds. The number of hydrogen-bond acceptors (Lipinski definition) is 4. The van der Waals surface area contributed by atoms with Crippen LogP contribution >= 0.6 is 11.8 Å². The van der Waals surface area contributed by atoms with Gasteiger partial charge in [0.15, 0.2) is 0 Å². The molecule has 0 spiro atoms. The lowest BCUT2D eigenvalue weighted by Gasteiger charge is -2.32. The molecule has 0 saturated carbocycles. The van der Waals surface area contributed by atoms with Crippen molar-refractivity contribution in [2.45, 2.75) is 6.92 Å². The second-order valence-corrected chi connectivity index (χ2v) is 5.71. The molecule has 0 radical (unpaired) electrons. The van der Waals surface area contributed by atoms with Crippen molar-refractivity contribution >= 4 is 11.8 Å². The lowest BCUT2D eigenvalue weighted by Crippen LogP contribution is -2.45. The Kier molecular flexibility index (Phi) is 6.64. The Balaban J connectivity index is 1.96. The predicted molar refractivity (Wildman–Crippen MR) is 69.5 cm³/mol. The van der Waals surface area contributed by atoms with Crippen molar-refractivity contribution in [1.29, 1.82) is 0 Å². The Morgan fingerprint density at radius 3 is 2.53 bits per heavy atom. The van der Waals surface area contributed by atoms with Crippen LogP contribution in [0, 0.1) is 5.92 Å². The molecule has 90 valence electrons. The molecule has 0 aromatic heterocycles. The van der Waals surface area contributed by atoms with Crippen LogP contribution < -0.4 is 5.73 Å². The third kappa shape index (κ3) is 5.76. The first-order valence-corrected chi connectivity index (χ1v) is 7.06. The van der Waals surface area contributed by atoms with E-state index in [-0.39, 0.29) is 0 Å². The molecule has 1 heterocycles. The Labute approximate surface area is 98.4 Å². The van der Waals surface area contributed by atoms with Crippen LogP contribution in [0.5, 0.6) is 0 Å². The van der Waals surface area contributed by atoms with Gasteiger partial charge in [-0.25, -0.2) is 0 Å². The number of rotatable bonds is 6. The fourth-order valence-electron chi connectivity index (χ4n) is 1.62. The summed E-state index contributed by atoms with van der Waals surface area (Å²) in [5.74, 6) is 3.14. The van der Waals surface area contributed by atoms with Crippen LogP contribution in [0.1, 0.15) is 6.92 Å². The van der Waals surface area contributed by atoms with Gasteiger partial charge in [-0.05, 0) is 25.3 Å². The quantitative estimate of drug-likeness (QED) is 0.677. The standard InChI is InChI=1S/C11H25N3S/c1-11(9-12)10-15-8-7-14-5-3-13(2)4-6-14/h11H,3-10,12H2,1-2H3. The number of thioether (sulfide) groups is 1. The number of likely N-dealkylation sites (N-methyl/N-ethyl adjacent to an activating group) is 1. The van der Waals surface area contributed by atoms with Crippen molar-refractivity contribution < 1.29 is 0 Å². The Morgan fingerprint density at radius 2 is 1.93 bits per heavy atom. The maximum atomic E-state index is 5.58. The van der Waals surface area contributed by atoms with Crippen molar-refractivity contribution in [2.24, 2.45) is 11.7 Å². The molecule has 1 fully saturated rings. The van der Waals surface area contributed by atoms with Crippen LogP contribution in [0.4, 0.5) is 0 Å². The highest BCUT2D eigenvalue weighted by Crippen LogP contribution is 2.08. The minimum absolute atomic E-state index is 0.669. The molecular formula is C11H25N3S. The highest BCUT2D eigenvalue weighted by molar-refractivity contribution is 7.99. The molecule has 0 bridgehead atoms. The topological polar surface area (TPSA) is 32.5 Å². The zero-order chi connectivity index (χ0) is 11.1. The van der Waals surface area contributed by atoms with E-state index in [0.29, 0.717) is 5.92 Å². The number of piperazine rings is 1. The summed E-state index contributed by atoms with van der Waals surface area (Å²) in [7, 11) is 2.20. The molecule has 3 nitrogen and oxygen atoms in total. The van der Waals surface area contributed by atoms with Gasteiger partial charge in [-0.15, -0.1) is 0 Å². The van der Waals surface area contributed by atoms with E-state index in [0.717, 1.165) is 6.54 Å². The summed E-state index contributed by atoms with van der Waals surface area (Å²) in [4.78, 5) is 4.97. The zero-order valence-electron chi connectivity index (χ0n) is 10.1. The summed E-state index contributed by atoms with van der Waals surface area (Å²) in [5.41, 5.74) is 5.58. The summed E-state index contributed by atoms with van der Waals surface area (Å²) in [5, 5.41) is 0. The highest BCUT2D eigenvalue weighted by Gasteiger charge is 2.12. The van der Waals surface area contributed by atoms with Crippen molar-refractivity contribution in [2.75, 3.05) is 57.8 Å². The normalized spacial score (nSPS) is 21.8. The summed E-state index contributed by atoms with van der Waals surface area (Å²) >= 11 is 2.05.